The molecule has 0 bridgehead atoms. The average molecular weight is 611 g/mol. The molecule has 0 spiro atoms. The zero-order valence-electron chi connectivity index (χ0n) is 14.3. The van der Waals surface area contributed by atoms with E-state index in [1.165, 1.54) is 0 Å². The topological polar surface area (TPSA) is 111 Å². The number of carbonyl (C=O) groups is 1. The van der Waals surface area contributed by atoms with E-state index in [0.29, 0.717) is 24.0 Å². The van der Waals surface area contributed by atoms with Crippen molar-refractivity contribution in [2.24, 2.45) is 0 Å². The number of carbonyl (C=O) groups excluding carboxylic acids is 1. The summed E-state index contributed by atoms with van der Waals surface area (Å²) < 4.78 is 28.2. The van der Waals surface area contributed by atoms with Gasteiger partial charge in [-0.2, -0.15) is 13.7 Å². The lowest BCUT2D eigenvalue weighted by Gasteiger charge is -2.31. The number of hydrogen-bond donors (Lipinski definition) is 2. The van der Waals surface area contributed by atoms with E-state index in [9.17, 15) is 18.3 Å². The van der Waals surface area contributed by atoms with Gasteiger partial charge >= 0.3 is 10.2 Å². The molecule has 0 unspecified atom stereocenters. The van der Waals surface area contributed by atoms with Crippen LogP contribution in [0.5, 0.6) is 5.75 Å². The highest BCUT2D eigenvalue weighted by molar-refractivity contribution is 14.1. The largest absolute Gasteiger partial charge is 0.506 e. The number of nitrogens with zero attached hydrogens (tertiary/aromatic N) is 2. The quantitative estimate of drug-likeness (QED) is 0.479. The van der Waals surface area contributed by atoms with Crippen LogP contribution in [0, 0.1) is 18.5 Å². The Kier molecular flexibility index (Phi) is 6.92. The second kappa shape index (κ2) is 8.61. The molecule has 0 radical (unpaired) electrons. The van der Waals surface area contributed by atoms with Crippen molar-refractivity contribution in [1.29, 1.82) is 5.26 Å². The summed E-state index contributed by atoms with van der Waals surface area (Å²) in [5.41, 5.74) is 1.30. The van der Waals surface area contributed by atoms with Crippen molar-refractivity contribution in [2.45, 2.75) is 19.9 Å². The van der Waals surface area contributed by atoms with Gasteiger partial charge in [0.1, 0.15) is 5.75 Å². The number of phenols is 1. The van der Waals surface area contributed by atoms with Crippen molar-refractivity contribution in [2.75, 3.05) is 4.72 Å². The van der Waals surface area contributed by atoms with Gasteiger partial charge in [-0.25, -0.2) is 4.31 Å². The van der Waals surface area contributed by atoms with Crippen molar-refractivity contribution in [3.05, 3.63) is 54.7 Å². The lowest BCUT2D eigenvalue weighted by Crippen LogP contribution is -2.48. The summed E-state index contributed by atoms with van der Waals surface area (Å²) in [4.78, 5) is 12.0. The number of nitriles is 1. The number of benzene rings is 2. The summed E-state index contributed by atoms with van der Waals surface area (Å²) in [7, 11) is -3.75. The molecular weight excluding hydrogens is 596 g/mol. The highest BCUT2D eigenvalue weighted by atomic mass is 127. The zero-order valence-corrected chi connectivity index (χ0v) is 19.4. The van der Waals surface area contributed by atoms with Crippen molar-refractivity contribution in [1.82, 2.24) is 4.31 Å². The number of anilines is 1. The fraction of sp³-hybridized carbons (Fsp3) is 0.176. The number of fused-ring (bicyclic) bond motifs is 1. The lowest BCUT2D eigenvalue weighted by molar-refractivity contribution is 0.0834. The summed E-state index contributed by atoms with van der Waals surface area (Å²) in [6, 6.07) is 11.5. The highest BCUT2D eigenvalue weighted by Crippen LogP contribution is 2.28. The number of amides is 1. The Balaban J connectivity index is 0.000000208. The van der Waals surface area contributed by atoms with Gasteiger partial charge in [-0.3, -0.25) is 9.52 Å². The van der Waals surface area contributed by atoms with Gasteiger partial charge in [0.15, 0.2) is 0 Å². The first-order chi connectivity index (χ1) is 12.6. The van der Waals surface area contributed by atoms with Crippen LogP contribution in [-0.2, 0) is 10.2 Å². The normalized spacial score (nSPS) is 14.5. The van der Waals surface area contributed by atoms with Crippen LogP contribution in [0.25, 0.3) is 0 Å². The van der Waals surface area contributed by atoms with Crippen LogP contribution in [0.3, 0.4) is 0 Å². The summed E-state index contributed by atoms with van der Waals surface area (Å²) in [6.07, 6.45) is 0. The number of halogens is 2. The second-order valence-corrected chi connectivity index (χ2v) is 9.62. The number of phenolic OH excluding ortho intramolecular Hbond substituents is 1. The third-order valence-electron chi connectivity index (χ3n) is 3.47. The van der Waals surface area contributed by atoms with Gasteiger partial charge in [0.05, 0.1) is 30.0 Å². The number of rotatable bonds is 1. The minimum atomic E-state index is -3.75. The Hall–Kier alpha value is -1.59. The highest BCUT2D eigenvalue weighted by Gasteiger charge is 2.36. The molecule has 2 aromatic rings. The number of para-hydroxylation sites is 1. The first-order valence-corrected chi connectivity index (χ1v) is 11.2. The Morgan fingerprint density at radius 3 is 2.26 bits per heavy atom. The lowest BCUT2D eigenvalue weighted by atomic mass is 10.1. The molecule has 0 saturated carbocycles. The van der Waals surface area contributed by atoms with Crippen LogP contribution in [0.15, 0.2) is 36.4 Å². The molecule has 1 amide bonds. The maximum atomic E-state index is 12.0. The maximum absolute atomic E-state index is 12.0. The third-order valence-corrected chi connectivity index (χ3v) is 6.70. The predicted molar refractivity (Wildman–Crippen MR) is 119 cm³/mol. The van der Waals surface area contributed by atoms with Crippen molar-refractivity contribution < 1.29 is 18.3 Å². The Morgan fingerprint density at radius 1 is 1.19 bits per heavy atom. The molecule has 10 heteroatoms. The SMILES string of the molecule is CC(C)N1C(=O)c2ccccc2NS1(=O)=O.N#Cc1cc(I)c(O)c(I)c1. The molecule has 142 valence electrons. The Labute approximate surface area is 184 Å². The smallest absolute Gasteiger partial charge is 0.326 e. The Bertz CT molecular complexity index is 1010. The van der Waals surface area contributed by atoms with Crippen LogP contribution in [0.1, 0.15) is 29.8 Å². The van der Waals surface area contributed by atoms with Crippen LogP contribution < -0.4 is 4.72 Å². The molecule has 1 aliphatic rings. The number of aromatic hydroxyl groups is 1. The van der Waals surface area contributed by atoms with Gasteiger partial charge in [-0.05, 0) is 83.3 Å². The standard InChI is InChI=1S/C10H12N2O3S.C7H3I2NO/c1-7(2)12-10(13)8-5-3-4-6-9(8)11-16(12,14)15;8-5-1-4(3-10)2-6(9)7(5)11/h3-7,11H,1-2H3;1-2,11H. The summed E-state index contributed by atoms with van der Waals surface area (Å²) in [5.74, 6) is -0.227. The van der Waals surface area contributed by atoms with Gasteiger partial charge in [0.2, 0.25) is 0 Å². The molecule has 2 aromatic carbocycles. The van der Waals surface area contributed by atoms with Crippen LogP contribution in [0.2, 0.25) is 0 Å². The zero-order chi connectivity index (χ0) is 20.4. The van der Waals surface area contributed by atoms with Crippen molar-refractivity contribution >= 4 is 67.0 Å². The van der Waals surface area contributed by atoms with E-state index in [1.54, 1.807) is 50.2 Å². The van der Waals surface area contributed by atoms with Gasteiger partial charge < -0.3 is 5.11 Å². The molecule has 0 aromatic heterocycles. The third kappa shape index (κ3) is 4.82. The molecule has 0 saturated heterocycles. The molecule has 2 N–H and O–H groups in total. The van der Waals surface area contributed by atoms with E-state index < -0.39 is 22.2 Å². The molecule has 0 fully saturated rings. The molecule has 0 aliphatic carbocycles. The van der Waals surface area contributed by atoms with Crippen molar-refractivity contribution in [3.63, 3.8) is 0 Å². The van der Waals surface area contributed by atoms with E-state index >= 15 is 0 Å². The average Bonchev–Trinajstić information content (AvgIpc) is 2.58. The van der Waals surface area contributed by atoms with E-state index in [1.807, 2.05) is 51.3 Å². The minimum absolute atomic E-state index is 0.255. The van der Waals surface area contributed by atoms with E-state index in [0.717, 1.165) is 4.31 Å². The van der Waals surface area contributed by atoms with Crippen LogP contribution in [-0.4, -0.2) is 29.8 Å². The fourth-order valence-corrected chi connectivity index (χ4v) is 5.51. The van der Waals surface area contributed by atoms with Crippen LogP contribution >= 0.6 is 45.2 Å². The summed E-state index contributed by atoms with van der Waals surface area (Å²) >= 11 is 3.99. The first kappa shape index (κ1) is 21.7. The van der Waals surface area contributed by atoms with Gasteiger partial charge in [0.25, 0.3) is 5.91 Å². The first-order valence-electron chi connectivity index (χ1n) is 7.62. The molecule has 1 aliphatic heterocycles. The maximum Gasteiger partial charge on any atom is 0.326 e. The van der Waals surface area contributed by atoms with Crippen LogP contribution in [0.4, 0.5) is 5.69 Å². The van der Waals surface area contributed by atoms with Gasteiger partial charge in [0, 0.05) is 6.04 Å². The molecule has 3 rings (SSSR count). The molecule has 7 nitrogen and oxygen atoms in total. The van der Waals surface area contributed by atoms with Gasteiger partial charge in [-0.1, -0.05) is 12.1 Å². The monoisotopic (exact) mass is 611 g/mol. The van der Waals surface area contributed by atoms with E-state index in [2.05, 4.69) is 4.72 Å². The molecular formula is C17H15I2N3O4S. The molecule has 1 heterocycles. The minimum Gasteiger partial charge on any atom is -0.506 e. The number of hydrogen-bond acceptors (Lipinski definition) is 5. The summed E-state index contributed by atoms with van der Waals surface area (Å²) in [6.45, 7) is 3.32. The van der Waals surface area contributed by atoms with E-state index in [-0.39, 0.29) is 5.75 Å². The fourth-order valence-electron chi connectivity index (χ4n) is 2.32. The van der Waals surface area contributed by atoms with Crippen molar-refractivity contribution in [3.8, 4) is 11.8 Å². The number of nitrogens with one attached hydrogen (secondary N) is 1. The predicted octanol–water partition coefficient (Wildman–Crippen LogP) is 3.68. The Morgan fingerprint density at radius 2 is 1.74 bits per heavy atom. The second-order valence-electron chi connectivity index (χ2n) is 5.75. The summed E-state index contributed by atoms with van der Waals surface area (Å²) in [5, 5.41) is 17.8. The van der Waals surface area contributed by atoms with E-state index in [4.69, 9.17) is 5.26 Å². The van der Waals surface area contributed by atoms with Gasteiger partial charge in [-0.15, -0.1) is 0 Å². The molecule has 0 atom stereocenters. The molecule has 27 heavy (non-hydrogen) atoms.